The number of piperidine rings is 1. The number of aromatic nitrogens is 3. The molecule has 1 aromatic carbocycles. The lowest BCUT2D eigenvalue weighted by Gasteiger charge is -2.33. The molecule has 0 unspecified atom stereocenters. The SMILES string of the molecule is CC(C)(C)OC(=O)N1CCC(NC(=O)Cc2ccc(Nc3nc(-c4c(F)cccc4F)nc4c3C(=O)NC4)cn2)CC1. The summed E-state index contributed by atoms with van der Waals surface area (Å²) in [6.07, 6.45) is 2.42. The third-order valence-electron chi connectivity index (χ3n) is 6.75. The fraction of sp³-hybridized carbons (Fsp3) is 0.379. The van der Waals surface area contributed by atoms with Gasteiger partial charge in [-0.3, -0.25) is 14.6 Å². The number of hydrogen-bond donors (Lipinski definition) is 3. The minimum atomic E-state index is -0.823. The highest BCUT2D eigenvalue weighted by Gasteiger charge is 2.29. The van der Waals surface area contributed by atoms with Gasteiger partial charge in [-0.1, -0.05) is 6.07 Å². The first-order valence-electron chi connectivity index (χ1n) is 13.6. The molecule has 2 aliphatic heterocycles. The molecule has 3 aromatic rings. The maximum absolute atomic E-state index is 14.4. The van der Waals surface area contributed by atoms with Crippen LogP contribution in [0.5, 0.6) is 0 Å². The quantitative estimate of drug-likeness (QED) is 0.400. The van der Waals surface area contributed by atoms with E-state index < -0.39 is 28.7 Å². The van der Waals surface area contributed by atoms with E-state index in [1.165, 1.54) is 12.3 Å². The van der Waals surface area contributed by atoms with E-state index in [1.54, 1.807) is 17.0 Å². The molecule has 3 amide bonds. The molecule has 0 saturated carbocycles. The smallest absolute Gasteiger partial charge is 0.410 e. The molecule has 42 heavy (non-hydrogen) atoms. The van der Waals surface area contributed by atoms with Crippen LogP contribution >= 0.6 is 0 Å². The highest BCUT2D eigenvalue weighted by atomic mass is 19.1. The molecular weight excluding hydrogens is 548 g/mol. The van der Waals surface area contributed by atoms with Crippen LogP contribution in [0.15, 0.2) is 36.5 Å². The summed E-state index contributed by atoms with van der Waals surface area (Å²) in [7, 11) is 0. The van der Waals surface area contributed by atoms with Crippen LogP contribution in [0.2, 0.25) is 0 Å². The molecule has 1 fully saturated rings. The first-order chi connectivity index (χ1) is 20.0. The Labute approximate surface area is 241 Å². The van der Waals surface area contributed by atoms with Crippen molar-refractivity contribution >= 4 is 29.4 Å². The number of fused-ring (bicyclic) bond motifs is 1. The van der Waals surface area contributed by atoms with E-state index in [-0.39, 0.29) is 48.2 Å². The summed E-state index contributed by atoms with van der Waals surface area (Å²) in [5.41, 5.74) is 0.508. The van der Waals surface area contributed by atoms with Gasteiger partial charge in [0.2, 0.25) is 5.91 Å². The summed E-state index contributed by atoms with van der Waals surface area (Å²) in [5.74, 6) is -2.36. The number of rotatable bonds is 6. The molecule has 11 nitrogen and oxygen atoms in total. The number of nitrogens with zero attached hydrogens (tertiary/aromatic N) is 4. The van der Waals surface area contributed by atoms with Gasteiger partial charge in [0, 0.05) is 24.8 Å². The van der Waals surface area contributed by atoms with E-state index in [0.717, 1.165) is 12.1 Å². The maximum atomic E-state index is 14.4. The monoisotopic (exact) mass is 579 g/mol. The second-order valence-corrected chi connectivity index (χ2v) is 11.1. The van der Waals surface area contributed by atoms with Crippen molar-refractivity contribution in [2.45, 2.75) is 58.2 Å². The number of amides is 3. The van der Waals surface area contributed by atoms with Gasteiger partial charge in [0.15, 0.2) is 5.82 Å². The van der Waals surface area contributed by atoms with Crippen molar-refractivity contribution in [3.63, 3.8) is 0 Å². The van der Waals surface area contributed by atoms with Gasteiger partial charge in [0.05, 0.1) is 36.1 Å². The molecule has 5 rings (SSSR count). The third kappa shape index (κ3) is 6.61. The molecule has 1 saturated heterocycles. The largest absolute Gasteiger partial charge is 0.444 e. The second-order valence-electron chi connectivity index (χ2n) is 11.1. The van der Waals surface area contributed by atoms with Gasteiger partial charge in [-0.05, 0) is 57.9 Å². The number of pyridine rings is 1. The van der Waals surface area contributed by atoms with Gasteiger partial charge in [0.25, 0.3) is 5.91 Å². The van der Waals surface area contributed by atoms with Crippen molar-refractivity contribution < 1.29 is 27.9 Å². The number of anilines is 2. The van der Waals surface area contributed by atoms with Gasteiger partial charge in [-0.2, -0.15) is 0 Å². The first kappa shape index (κ1) is 28.8. The lowest BCUT2D eigenvalue weighted by Crippen LogP contribution is -2.48. The summed E-state index contributed by atoms with van der Waals surface area (Å²) in [6, 6.07) is 6.73. The number of carbonyl (C=O) groups is 3. The second kappa shape index (κ2) is 11.7. The van der Waals surface area contributed by atoms with Crippen LogP contribution < -0.4 is 16.0 Å². The van der Waals surface area contributed by atoms with E-state index in [0.29, 0.717) is 43.0 Å². The number of halogens is 2. The van der Waals surface area contributed by atoms with Crippen molar-refractivity contribution in [1.29, 1.82) is 0 Å². The van der Waals surface area contributed by atoms with E-state index in [1.807, 2.05) is 20.8 Å². The van der Waals surface area contributed by atoms with Gasteiger partial charge in [0.1, 0.15) is 28.6 Å². The van der Waals surface area contributed by atoms with Gasteiger partial charge in [-0.15, -0.1) is 0 Å². The average Bonchev–Trinajstić information content (AvgIpc) is 3.30. The Kier molecular flexibility index (Phi) is 8.01. The highest BCUT2D eigenvalue weighted by Crippen LogP contribution is 2.30. The molecule has 2 aromatic heterocycles. The molecule has 0 spiro atoms. The Hall–Kier alpha value is -4.68. The number of likely N-dealkylation sites (tertiary alicyclic amines) is 1. The Morgan fingerprint density at radius 3 is 2.43 bits per heavy atom. The summed E-state index contributed by atoms with van der Waals surface area (Å²) in [4.78, 5) is 51.8. The standard InChI is InChI=1S/C29H31F2N7O4/c1-29(2,3)42-28(41)38-11-9-16(10-12-38)34-22(39)13-17-7-8-18(14-32-17)35-26-24-21(15-33-27(24)40)36-25(37-26)23-19(30)5-4-6-20(23)31/h4-8,14,16H,9-13,15H2,1-3H3,(H,33,40)(H,34,39)(H,35,36,37). The van der Waals surface area contributed by atoms with Crippen LogP contribution in [0.25, 0.3) is 11.4 Å². The van der Waals surface area contributed by atoms with Crippen molar-refractivity contribution in [3.05, 3.63) is 65.1 Å². The van der Waals surface area contributed by atoms with Crippen LogP contribution in [0.3, 0.4) is 0 Å². The minimum absolute atomic E-state index is 0.0502. The Balaban J connectivity index is 1.21. The number of hydrogen-bond acceptors (Lipinski definition) is 8. The molecule has 0 radical (unpaired) electrons. The predicted octanol–water partition coefficient (Wildman–Crippen LogP) is 3.86. The molecule has 0 aliphatic carbocycles. The Morgan fingerprint density at radius 2 is 1.79 bits per heavy atom. The molecule has 13 heteroatoms. The molecule has 2 aliphatic rings. The van der Waals surface area contributed by atoms with E-state index in [4.69, 9.17) is 4.74 Å². The summed E-state index contributed by atoms with van der Waals surface area (Å²) in [5, 5.41) is 8.64. The molecular formula is C29H31F2N7O4. The minimum Gasteiger partial charge on any atom is -0.444 e. The maximum Gasteiger partial charge on any atom is 0.410 e. The topological polar surface area (TPSA) is 138 Å². The summed E-state index contributed by atoms with van der Waals surface area (Å²) in [6.45, 7) is 6.55. The molecule has 0 bridgehead atoms. The molecule has 220 valence electrons. The van der Waals surface area contributed by atoms with Crippen LogP contribution in [-0.4, -0.2) is 62.5 Å². The molecule has 3 N–H and O–H groups in total. The van der Waals surface area contributed by atoms with Crippen molar-refractivity contribution in [3.8, 4) is 11.4 Å². The lowest BCUT2D eigenvalue weighted by atomic mass is 10.0. The van der Waals surface area contributed by atoms with E-state index >= 15 is 0 Å². The zero-order chi connectivity index (χ0) is 30.0. The number of benzene rings is 1. The Morgan fingerprint density at radius 1 is 1.07 bits per heavy atom. The predicted molar refractivity (Wildman–Crippen MR) is 149 cm³/mol. The zero-order valence-electron chi connectivity index (χ0n) is 23.5. The fourth-order valence-corrected chi connectivity index (χ4v) is 4.76. The van der Waals surface area contributed by atoms with E-state index in [9.17, 15) is 23.2 Å². The van der Waals surface area contributed by atoms with Gasteiger partial charge < -0.3 is 25.6 Å². The highest BCUT2D eigenvalue weighted by molar-refractivity contribution is 6.03. The average molecular weight is 580 g/mol. The Bertz CT molecular complexity index is 1500. The number of carbonyl (C=O) groups excluding carboxylic acids is 3. The number of nitrogens with one attached hydrogen (secondary N) is 3. The van der Waals surface area contributed by atoms with E-state index in [2.05, 4.69) is 30.9 Å². The first-order valence-corrected chi connectivity index (χ1v) is 13.6. The third-order valence-corrected chi connectivity index (χ3v) is 6.75. The van der Waals surface area contributed by atoms with Crippen molar-refractivity contribution in [1.82, 2.24) is 30.5 Å². The van der Waals surface area contributed by atoms with Crippen LogP contribution in [0, 0.1) is 11.6 Å². The van der Waals surface area contributed by atoms with Crippen LogP contribution in [-0.2, 0) is 22.5 Å². The van der Waals surface area contributed by atoms with Crippen molar-refractivity contribution in [2.75, 3.05) is 18.4 Å². The molecule has 0 atom stereocenters. The zero-order valence-corrected chi connectivity index (χ0v) is 23.5. The van der Waals surface area contributed by atoms with Gasteiger partial charge in [-0.25, -0.2) is 23.5 Å². The van der Waals surface area contributed by atoms with Crippen LogP contribution in [0.4, 0.5) is 25.1 Å². The number of ether oxygens (including phenoxy) is 1. The lowest BCUT2D eigenvalue weighted by molar-refractivity contribution is -0.121. The molecule has 4 heterocycles. The van der Waals surface area contributed by atoms with Crippen molar-refractivity contribution in [2.24, 2.45) is 0 Å². The van der Waals surface area contributed by atoms with Gasteiger partial charge >= 0.3 is 6.09 Å². The van der Waals surface area contributed by atoms with Crippen LogP contribution in [0.1, 0.15) is 55.4 Å². The summed E-state index contributed by atoms with van der Waals surface area (Å²) < 4.78 is 34.3. The fourth-order valence-electron chi connectivity index (χ4n) is 4.76. The summed E-state index contributed by atoms with van der Waals surface area (Å²) >= 11 is 0. The normalized spacial score (nSPS) is 15.2.